The van der Waals surface area contributed by atoms with Gasteiger partial charge in [-0.3, -0.25) is 0 Å². The number of carbonyl (C=O) groups excluding carboxylic acids is 1. The molecule has 0 spiro atoms. The molecule has 0 fully saturated rings. The molecule has 0 amide bonds. The maximum atomic E-state index is 11.4. The van der Waals surface area contributed by atoms with Crippen LogP contribution in [0.15, 0.2) is 35.0 Å². The molecule has 0 N–H and O–H groups in total. The molecule has 1 aromatic rings. The Morgan fingerprint density at radius 2 is 2.19 bits per heavy atom. The van der Waals surface area contributed by atoms with Crippen LogP contribution in [0.4, 0.5) is 0 Å². The Bertz CT molecular complexity index is 492. The number of benzene rings is 1. The molecule has 16 heavy (non-hydrogen) atoms. The zero-order valence-electron chi connectivity index (χ0n) is 8.74. The summed E-state index contributed by atoms with van der Waals surface area (Å²) in [4.78, 5) is 16.0. The van der Waals surface area contributed by atoms with Crippen LogP contribution in [0.3, 0.4) is 0 Å². The first kappa shape index (κ1) is 10.9. The number of alkyl halides is 1. The SMILES string of the molecule is Cc1ccccc1/C=C1\C(=O)ON=C1CCl. The van der Waals surface area contributed by atoms with Crippen LogP contribution >= 0.6 is 11.6 Å². The number of hydrogen-bond acceptors (Lipinski definition) is 3. The highest BCUT2D eigenvalue weighted by atomic mass is 35.5. The highest BCUT2D eigenvalue weighted by Crippen LogP contribution is 2.18. The molecule has 1 aliphatic rings. The van der Waals surface area contributed by atoms with E-state index in [1.54, 1.807) is 6.08 Å². The normalized spacial score (nSPS) is 17.5. The van der Waals surface area contributed by atoms with Gasteiger partial charge >= 0.3 is 5.97 Å². The maximum absolute atomic E-state index is 11.4. The van der Waals surface area contributed by atoms with E-state index in [1.807, 2.05) is 31.2 Å². The standard InChI is InChI=1S/C12H10ClNO2/c1-8-4-2-3-5-9(8)6-10-11(7-13)14-16-12(10)15/h2-6H,7H2,1H3/b10-6-. The van der Waals surface area contributed by atoms with Crippen LogP contribution in [0.25, 0.3) is 6.08 Å². The Hall–Kier alpha value is -1.61. The molecular weight excluding hydrogens is 226 g/mol. The Morgan fingerprint density at radius 3 is 2.88 bits per heavy atom. The lowest BCUT2D eigenvalue weighted by molar-refractivity contribution is -0.136. The third kappa shape index (κ3) is 1.99. The summed E-state index contributed by atoms with van der Waals surface area (Å²) in [6.45, 7) is 1.98. The Balaban J connectivity index is 2.41. The van der Waals surface area contributed by atoms with Crippen molar-refractivity contribution in [3.63, 3.8) is 0 Å². The lowest BCUT2D eigenvalue weighted by Crippen LogP contribution is -2.06. The molecule has 0 saturated heterocycles. The van der Waals surface area contributed by atoms with Gasteiger partial charge in [0.1, 0.15) is 5.71 Å². The van der Waals surface area contributed by atoms with Gasteiger partial charge in [-0.1, -0.05) is 29.4 Å². The van der Waals surface area contributed by atoms with Gasteiger partial charge in [0.15, 0.2) is 0 Å². The maximum Gasteiger partial charge on any atom is 0.367 e. The van der Waals surface area contributed by atoms with Crippen molar-refractivity contribution in [2.75, 3.05) is 5.88 Å². The van der Waals surface area contributed by atoms with Crippen molar-refractivity contribution in [2.24, 2.45) is 5.16 Å². The number of carbonyl (C=O) groups is 1. The van der Waals surface area contributed by atoms with Gasteiger partial charge in [-0.25, -0.2) is 4.79 Å². The molecule has 0 saturated carbocycles. The van der Waals surface area contributed by atoms with E-state index in [-0.39, 0.29) is 5.88 Å². The van der Waals surface area contributed by atoms with Gasteiger partial charge in [0.25, 0.3) is 0 Å². The molecule has 4 heteroatoms. The van der Waals surface area contributed by atoms with E-state index in [4.69, 9.17) is 11.6 Å². The summed E-state index contributed by atoms with van der Waals surface area (Å²) < 4.78 is 0. The largest absolute Gasteiger partial charge is 0.367 e. The zero-order chi connectivity index (χ0) is 11.5. The van der Waals surface area contributed by atoms with Gasteiger partial charge in [0.2, 0.25) is 0 Å². The number of oxime groups is 1. The summed E-state index contributed by atoms with van der Waals surface area (Å²) in [5.41, 5.74) is 2.97. The predicted octanol–water partition coefficient (Wildman–Crippen LogP) is 2.53. The van der Waals surface area contributed by atoms with Gasteiger partial charge in [0, 0.05) is 0 Å². The summed E-state index contributed by atoms with van der Waals surface area (Å²) in [6.07, 6.45) is 1.76. The zero-order valence-corrected chi connectivity index (χ0v) is 9.49. The fourth-order valence-electron chi connectivity index (χ4n) is 1.46. The van der Waals surface area contributed by atoms with Crippen molar-refractivity contribution < 1.29 is 9.63 Å². The first-order chi connectivity index (χ1) is 7.72. The average molecular weight is 236 g/mol. The van der Waals surface area contributed by atoms with Crippen molar-refractivity contribution >= 4 is 29.4 Å². The lowest BCUT2D eigenvalue weighted by Gasteiger charge is -2.00. The molecule has 0 unspecified atom stereocenters. The van der Waals surface area contributed by atoms with Crippen LogP contribution < -0.4 is 0 Å². The van der Waals surface area contributed by atoms with E-state index in [2.05, 4.69) is 9.99 Å². The van der Waals surface area contributed by atoms with Gasteiger partial charge in [-0.05, 0) is 24.1 Å². The Kier molecular flexibility index (Phi) is 3.06. The Morgan fingerprint density at radius 1 is 1.44 bits per heavy atom. The molecule has 0 bridgehead atoms. The molecule has 82 valence electrons. The van der Waals surface area contributed by atoms with Crippen LogP contribution in [-0.2, 0) is 9.63 Å². The van der Waals surface area contributed by atoms with Gasteiger partial charge in [0.05, 0.1) is 11.5 Å². The first-order valence-corrected chi connectivity index (χ1v) is 5.37. The van der Waals surface area contributed by atoms with Crippen LogP contribution in [0.5, 0.6) is 0 Å². The topological polar surface area (TPSA) is 38.7 Å². The fourth-order valence-corrected chi connectivity index (χ4v) is 1.65. The lowest BCUT2D eigenvalue weighted by atomic mass is 10.0. The first-order valence-electron chi connectivity index (χ1n) is 4.84. The highest BCUT2D eigenvalue weighted by Gasteiger charge is 2.24. The minimum atomic E-state index is -0.445. The molecular formula is C12H10ClNO2. The number of rotatable bonds is 2. The molecule has 0 aliphatic carbocycles. The Labute approximate surface area is 98.4 Å². The van der Waals surface area contributed by atoms with E-state index >= 15 is 0 Å². The van der Waals surface area contributed by atoms with Crippen LogP contribution in [-0.4, -0.2) is 17.6 Å². The number of nitrogens with zero attached hydrogens (tertiary/aromatic N) is 1. The number of aryl methyl sites for hydroxylation is 1. The third-order valence-corrected chi connectivity index (χ3v) is 2.64. The summed E-state index contributed by atoms with van der Waals surface area (Å²) in [5.74, 6) is -0.275. The van der Waals surface area contributed by atoms with Crippen LogP contribution in [0.1, 0.15) is 11.1 Å². The molecule has 1 aromatic carbocycles. The monoisotopic (exact) mass is 235 g/mol. The minimum Gasteiger partial charge on any atom is -0.312 e. The van der Waals surface area contributed by atoms with Crippen molar-refractivity contribution in [1.82, 2.24) is 0 Å². The van der Waals surface area contributed by atoms with Crippen LogP contribution in [0, 0.1) is 6.92 Å². The minimum absolute atomic E-state index is 0.170. The number of hydrogen-bond donors (Lipinski definition) is 0. The highest BCUT2D eigenvalue weighted by molar-refractivity contribution is 6.38. The molecule has 1 aliphatic heterocycles. The second-order valence-corrected chi connectivity index (χ2v) is 3.73. The predicted molar refractivity (Wildman–Crippen MR) is 63.4 cm³/mol. The molecule has 3 nitrogen and oxygen atoms in total. The van der Waals surface area contributed by atoms with Crippen LogP contribution in [0.2, 0.25) is 0 Å². The van der Waals surface area contributed by atoms with E-state index in [1.165, 1.54) is 0 Å². The molecule has 1 heterocycles. The number of halogens is 1. The summed E-state index contributed by atoms with van der Waals surface area (Å²) in [7, 11) is 0. The fraction of sp³-hybridized carbons (Fsp3) is 0.167. The molecule has 0 atom stereocenters. The third-order valence-electron chi connectivity index (χ3n) is 2.38. The summed E-state index contributed by atoms with van der Waals surface area (Å²) in [5, 5.41) is 3.61. The van der Waals surface area contributed by atoms with Gasteiger partial charge in [-0.2, -0.15) is 0 Å². The van der Waals surface area contributed by atoms with E-state index in [9.17, 15) is 4.79 Å². The summed E-state index contributed by atoms with van der Waals surface area (Å²) >= 11 is 5.67. The van der Waals surface area contributed by atoms with Gasteiger partial charge < -0.3 is 4.84 Å². The van der Waals surface area contributed by atoms with Crippen molar-refractivity contribution in [1.29, 1.82) is 0 Å². The summed E-state index contributed by atoms with van der Waals surface area (Å²) in [6, 6.07) is 7.77. The second-order valence-electron chi connectivity index (χ2n) is 3.46. The molecule has 0 aromatic heterocycles. The average Bonchev–Trinajstić information content (AvgIpc) is 2.63. The van der Waals surface area contributed by atoms with E-state index in [0.717, 1.165) is 11.1 Å². The van der Waals surface area contributed by atoms with E-state index < -0.39 is 5.97 Å². The quantitative estimate of drug-likeness (QED) is 0.449. The van der Waals surface area contributed by atoms with Crippen molar-refractivity contribution in [3.8, 4) is 0 Å². The van der Waals surface area contributed by atoms with Crippen molar-refractivity contribution in [2.45, 2.75) is 6.92 Å². The smallest absolute Gasteiger partial charge is 0.312 e. The molecule has 0 radical (unpaired) electrons. The van der Waals surface area contributed by atoms with Gasteiger partial charge in [-0.15, -0.1) is 11.6 Å². The molecule has 2 rings (SSSR count). The van der Waals surface area contributed by atoms with E-state index in [0.29, 0.717) is 11.3 Å². The van der Waals surface area contributed by atoms with Crippen molar-refractivity contribution in [3.05, 3.63) is 41.0 Å². The second kappa shape index (κ2) is 4.49.